The lowest BCUT2D eigenvalue weighted by Crippen LogP contribution is -2.44. The van der Waals surface area contributed by atoms with Crippen LogP contribution in [0.3, 0.4) is 0 Å². The summed E-state index contributed by atoms with van der Waals surface area (Å²) in [6, 6.07) is 4.01. The van der Waals surface area contributed by atoms with Crippen LogP contribution in [0.4, 0.5) is 0 Å². The minimum Gasteiger partial charge on any atom is -0.494 e. The Bertz CT molecular complexity index is 689. The van der Waals surface area contributed by atoms with Gasteiger partial charge in [-0.25, -0.2) is 0 Å². The Morgan fingerprint density at radius 2 is 2.19 bits per heavy atom. The van der Waals surface area contributed by atoms with Crippen LogP contribution in [0.15, 0.2) is 12.1 Å². The first kappa shape index (κ1) is 18.5. The predicted octanol–water partition coefficient (Wildman–Crippen LogP) is 2.28. The Balaban J connectivity index is 1.66. The number of carbonyl (C=O) groups is 2. The first-order chi connectivity index (χ1) is 12.5. The lowest BCUT2D eigenvalue weighted by atomic mass is 9.97. The number of piperidine rings is 1. The van der Waals surface area contributed by atoms with Crippen LogP contribution in [-0.2, 0) is 22.6 Å². The fraction of sp³-hybridized carbons (Fsp3) is 0.600. The number of likely N-dealkylation sites (tertiary alicyclic amines) is 1. The summed E-state index contributed by atoms with van der Waals surface area (Å²) < 4.78 is 11.6. The molecule has 3 rings (SSSR count). The lowest BCUT2D eigenvalue weighted by Gasteiger charge is -2.31. The second-order valence-corrected chi connectivity index (χ2v) is 7.16. The molecule has 1 fully saturated rings. The summed E-state index contributed by atoms with van der Waals surface area (Å²) in [6.45, 7) is 7.78. The molecule has 1 saturated heterocycles. The zero-order valence-corrected chi connectivity index (χ0v) is 15.8. The van der Waals surface area contributed by atoms with E-state index < -0.39 is 0 Å². The predicted molar refractivity (Wildman–Crippen MR) is 98.2 cm³/mol. The van der Waals surface area contributed by atoms with Gasteiger partial charge in [0.1, 0.15) is 17.6 Å². The molecule has 0 aromatic heterocycles. The van der Waals surface area contributed by atoms with Gasteiger partial charge in [0.05, 0.1) is 12.5 Å². The summed E-state index contributed by atoms with van der Waals surface area (Å²) in [6.07, 6.45) is 2.74. The summed E-state index contributed by atoms with van der Waals surface area (Å²) in [5.41, 5.74) is 2.08. The maximum atomic E-state index is 12.6. The van der Waals surface area contributed by atoms with Crippen molar-refractivity contribution in [2.75, 3.05) is 19.7 Å². The summed E-state index contributed by atoms with van der Waals surface area (Å²) >= 11 is 0. The van der Waals surface area contributed by atoms with Crippen molar-refractivity contribution in [3.05, 3.63) is 23.3 Å². The highest BCUT2D eigenvalue weighted by molar-refractivity contribution is 5.80. The van der Waals surface area contributed by atoms with Gasteiger partial charge in [-0.05, 0) is 38.8 Å². The molecule has 0 unspecified atom stereocenters. The van der Waals surface area contributed by atoms with Crippen molar-refractivity contribution in [2.45, 2.75) is 52.7 Å². The SMILES string of the molecule is CCOc1cc2c(cc1CNC(=O)[C@H]1CCCN(C(C)=O)C1)O[C@@H](C)C2. The van der Waals surface area contributed by atoms with Crippen molar-refractivity contribution < 1.29 is 19.1 Å². The van der Waals surface area contributed by atoms with Crippen LogP contribution < -0.4 is 14.8 Å². The van der Waals surface area contributed by atoms with E-state index >= 15 is 0 Å². The molecule has 2 amide bonds. The Labute approximate surface area is 154 Å². The molecule has 1 aromatic rings. The summed E-state index contributed by atoms with van der Waals surface area (Å²) in [5, 5.41) is 3.02. The van der Waals surface area contributed by atoms with Gasteiger partial charge in [-0.2, -0.15) is 0 Å². The highest BCUT2D eigenvalue weighted by Crippen LogP contribution is 2.35. The molecule has 2 heterocycles. The number of benzene rings is 1. The monoisotopic (exact) mass is 360 g/mol. The largest absolute Gasteiger partial charge is 0.494 e. The van der Waals surface area contributed by atoms with Gasteiger partial charge in [0, 0.05) is 44.1 Å². The summed E-state index contributed by atoms with van der Waals surface area (Å²) in [4.78, 5) is 25.9. The Hall–Kier alpha value is -2.24. The number of fused-ring (bicyclic) bond motifs is 1. The van der Waals surface area contributed by atoms with Crippen molar-refractivity contribution in [1.29, 1.82) is 0 Å². The van der Waals surface area contributed by atoms with E-state index in [1.54, 1.807) is 11.8 Å². The number of amides is 2. The molecule has 2 aliphatic heterocycles. The number of nitrogens with zero attached hydrogens (tertiary/aromatic N) is 1. The van der Waals surface area contributed by atoms with Crippen molar-refractivity contribution in [2.24, 2.45) is 5.92 Å². The molecule has 0 saturated carbocycles. The third-order valence-corrected chi connectivity index (χ3v) is 5.07. The number of carbonyl (C=O) groups excluding carboxylic acids is 2. The van der Waals surface area contributed by atoms with Crippen LogP contribution >= 0.6 is 0 Å². The molecule has 0 bridgehead atoms. The molecule has 1 aromatic carbocycles. The van der Waals surface area contributed by atoms with E-state index in [4.69, 9.17) is 9.47 Å². The van der Waals surface area contributed by atoms with Gasteiger partial charge in [0.2, 0.25) is 11.8 Å². The number of hydrogen-bond acceptors (Lipinski definition) is 4. The Morgan fingerprint density at radius 3 is 2.92 bits per heavy atom. The van der Waals surface area contributed by atoms with E-state index in [0.29, 0.717) is 19.7 Å². The molecular weight excluding hydrogens is 332 g/mol. The molecule has 142 valence electrons. The van der Waals surface area contributed by atoms with Crippen LogP contribution in [0.5, 0.6) is 11.5 Å². The maximum Gasteiger partial charge on any atom is 0.225 e. The van der Waals surface area contributed by atoms with Crippen LogP contribution in [0.25, 0.3) is 0 Å². The zero-order chi connectivity index (χ0) is 18.7. The third-order valence-electron chi connectivity index (χ3n) is 5.07. The molecule has 0 radical (unpaired) electrons. The molecule has 6 nitrogen and oxygen atoms in total. The smallest absolute Gasteiger partial charge is 0.225 e. The van der Waals surface area contributed by atoms with Crippen LogP contribution in [0.1, 0.15) is 44.7 Å². The van der Waals surface area contributed by atoms with E-state index in [9.17, 15) is 9.59 Å². The van der Waals surface area contributed by atoms with E-state index in [-0.39, 0.29) is 23.8 Å². The normalized spacial score (nSPS) is 21.7. The number of hydrogen-bond donors (Lipinski definition) is 1. The minimum absolute atomic E-state index is 0.00631. The molecule has 0 spiro atoms. The van der Waals surface area contributed by atoms with Gasteiger partial charge in [-0.1, -0.05) is 0 Å². The van der Waals surface area contributed by atoms with E-state index in [2.05, 4.69) is 5.32 Å². The standard InChI is InChI=1S/C20H28N2O4/c1-4-25-18-9-16-8-13(2)26-19(16)10-17(18)11-21-20(24)15-6-5-7-22(12-15)14(3)23/h9-10,13,15H,4-8,11-12H2,1-3H3,(H,21,24)/t13-,15-/m0/s1. The van der Waals surface area contributed by atoms with Crippen molar-refractivity contribution in [1.82, 2.24) is 10.2 Å². The molecule has 2 aliphatic rings. The van der Waals surface area contributed by atoms with Crippen LogP contribution in [-0.4, -0.2) is 42.5 Å². The minimum atomic E-state index is -0.145. The van der Waals surface area contributed by atoms with Gasteiger partial charge in [-0.3, -0.25) is 9.59 Å². The number of rotatable bonds is 5. The molecule has 1 N–H and O–H groups in total. The summed E-state index contributed by atoms with van der Waals surface area (Å²) in [7, 11) is 0. The van der Waals surface area contributed by atoms with Gasteiger partial charge >= 0.3 is 0 Å². The molecule has 2 atom stereocenters. The zero-order valence-electron chi connectivity index (χ0n) is 15.8. The van der Waals surface area contributed by atoms with Crippen molar-refractivity contribution in [3.8, 4) is 11.5 Å². The van der Waals surface area contributed by atoms with Crippen molar-refractivity contribution in [3.63, 3.8) is 0 Å². The average Bonchev–Trinajstić information content (AvgIpc) is 2.98. The number of nitrogens with one attached hydrogen (secondary N) is 1. The Morgan fingerprint density at radius 1 is 1.38 bits per heavy atom. The third kappa shape index (κ3) is 4.11. The Kier molecular flexibility index (Phi) is 5.69. The second-order valence-electron chi connectivity index (χ2n) is 7.16. The van der Waals surface area contributed by atoms with Gasteiger partial charge < -0.3 is 19.7 Å². The van der Waals surface area contributed by atoms with E-state index in [1.165, 1.54) is 0 Å². The topological polar surface area (TPSA) is 67.9 Å². The van der Waals surface area contributed by atoms with E-state index in [1.807, 2.05) is 26.0 Å². The number of ether oxygens (including phenoxy) is 2. The van der Waals surface area contributed by atoms with Crippen LogP contribution in [0, 0.1) is 5.92 Å². The van der Waals surface area contributed by atoms with Gasteiger partial charge in [0.25, 0.3) is 0 Å². The second kappa shape index (κ2) is 7.98. The van der Waals surface area contributed by atoms with Crippen LogP contribution in [0.2, 0.25) is 0 Å². The van der Waals surface area contributed by atoms with Crippen molar-refractivity contribution >= 4 is 11.8 Å². The first-order valence-electron chi connectivity index (χ1n) is 9.46. The highest BCUT2D eigenvalue weighted by Gasteiger charge is 2.27. The van der Waals surface area contributed by atoms with E-state index in [0.717, 1.165) is 48.4 Å². The average molecular weight is 360 g/mol. The first-order valence-corrected chi connectivity index (χ1v) is 9.46. The fourth-order valence-electron chi connectivity index (χ4n) is 3.71. The molecule has 0 aliphatic carbocycles. The fourth-order valence-corrected chi connectivity index (χ4v) is 3.71. The molecule has 26 heavy (non-hydrogen) atoms. The van der Waals surface area contributed by atoms with Gasteiger partial charge in [0.15, 0.2) is 0 Å². The van der Waals surface area contributed by atoms with Gasteiger partial charge in [-0.15, -0.1) is 0 Å². The molecular formula is C20H28N2O4. The summed E-state index contributed by atoms with van der Waals surface area (Å²) in [5.74, 6) is 1.57. The quantitative estimate of drug-likeness (QED) is 0.875. The lowest BCUT2D eigenvalue weighted by molar-refractivity contribution is -0.134. The highest BCUT2D eigenvalue weighted by atomic mass is 16.5. The maximum absolute atomic E-state index is 12.6. The molecule has 6 heteroatoms.